The highest BCUT2D eigenvalue weighted by Gasteiger charge is 2.24. The molecule has 1 saturated heterocycles. The van der Waals surface area contributed by atoms with Gasteiger partial charge in [-0.05, 0) is 45.4 Å². The molecule has 0 bridgehead atoms. The molecule has 1 aromatic carbocycles. The highest BCUT2D eigenvalue weighted by atomic mass is 16.5. The van der Waals surface area contributed by atoms with Crippen molar-refractivity contribution in [1.82, 2.24) is 15.1 Å². The maximum Gasteiger partial charge on any atom is 0.317 e. The van der Waals surface area contributed by atoms with E-state index in [1.54, 1.807) is 4.90 Å². The summed E-state index contributed by atoms with van der Waals surface area (Å²) in [5.41, 5.74) is 0.973. The Hall–Kier alpha value is -2.24. The third kappa shape index (κ3) is 5.96. The molecule has 1 heterocycles. The third-order valence-electron chi connectivity index (χ3n) is 3.98. The molecule has 2 rings (SSSR count). The number of carbonyl (C=O) groups excluding carboxylic acids is 2. The number of rotatable bonds is 5. The van der Waals surface area contributed by atoms with Crippen LogP contribution in [0.25, 0.3) is 0 Å². The summed E-state index contributed by atoms with van der Waals surface area (Å²) in [6.07, 6.45) is 0.511. The number of nitrogens with one attached hydrogen (secondary N) is 1. The van der Waals surface area contributed by atoms with Gasteiger partial charge in [-0.25, -0.2) is 4.79 Å². The van der Waals surface area contributed by atoms with Crippen LogP contribution < -0.4 is 10.1 Å². The molecular formula is C19H29N3O3. The first-order chi connectivity index (χ1) is 11.8. The zero-order chi connectivity index (χ0) is 18.4. The molecule has 1 aliphatic heterocycles. The molecular weight excluding hydrogens is 318 g/mol. The van der Waals surface area contributed by atoms with Crippen molar-refractivity contribution in [3.8, 4) is 5.75 Å². The number of hydrogen-bond acceptors (Lipinski definition) is 3. The number of benzene rings is 1. The molecule has 1 fully saturated rings. The van der Waals surface area contributed by atoms with E-state index in [1.807, 2.05) is 56.9 Å². The van der Waals surface area contributed by atoms with Crippen LogP contribution in [0.2, 0.25) is 0 Å². The summed E-state index contributed by atoms with van der Waals surface area (Å²) in [5.74, 6) is 0.914. The summed E-state index contributed by atoms with van der Waals surface area (Å²) in [6.45, 7) is 10.2. The van der Waals surface area contributed by atoms with Gasteiger partial charge >= 0.3 is 6.03 Å². The minimum Gasteiger partial charge on any atom is -0.491 e. The van der Waals surface area contributed by atoms with Gasteiger partial charge < -0.3 is 19.9 Å². The zero-order valence-corrected chi connectivity index (χ0v) is 15.6. The fraction of sp³-hybridized carbons (Fsp3) is 0.579. The molecule has 0 atom stereocenters. The molecule has 6 nitrogen and oxygen atoms in total. The average molecular weight is 347 g/mol. The standard InChI is InChI=1S/C19H29N3O3/c1-14(2)20-19(24)22-11-9-21(10-12-22)18(23)13-16-5-7-17(8-6-16)25-15(3)4/h5-8,14-15H,9-13H2,1-4H3,(H,20,24). The molecule has 138 valence electrons. The van der Waals surface area contributed by atoms with Crippen LogP contribution in [-0.2, 0) is 11.2 Å². The van der Waals surface area contributed by atoms with Gasteiger partial charge in [0.1, 0.15) is 5.75 Å². The van der Waals surface area contributed by atoms with Gasteiger partial charge in [0, 0.05) is 32.2 Å². The Kier molecular flexibility index (Phi) is 6.67. The van der Waals surface area contributed by atoms with E-state index in [0.717, 1.165) is 11.3 Å². The number of urea groups is 1. The molecule has 3 amide bonds. The smallest absolute Gasteiger partial charge is 0.317 e. The lowest BCUT2D eigenvalue weighted by Gasteiger charge is -2.35. The summed E-state index contributed by atoms with van der Waals surface area (Å²) < 4.78 is 5.61. The van der Waals surface area contributed by atoms with Gasteiger partial charge in [-0.15, -0.1) is 0 Å². The SMILES string of the molecule is CC(C)NC(=O)N1CCN(C(=O)Cc2ccc(OC(C)C)cc2)CC1. The number of amides is 3. The normalized spacial score (nSPS) is 14.8. The molecule has 1 aromatic rings. The predicted octanol–water partition coefficient (Wildman–Crippen LogP) is 2.28. The van der Waals surface area contributed by atoms with Gasteiger partial charge in [-0.1, -0.05) is 12.1 Å². The van der Waals surface area contributed by atoms with E-state index in [-0.39, 0.29) is 24.1 Å². The van der Waals surface area contributed by atoms with Gasteiger partial charge in [0.25, 0.3) is 0 Å². The number of carbonyl (C=O) groups is 2. The predicted molar refractivity (Wildman–Crippen MR) is 97.7 cm³/mol. The van der Waals surface area contributed by atoms with Gasteiger partial charge in [0.2, 0.25) is 5.91 Å². The van der Waals surface area contributed by atoms with Crippen LogP contribution in [0.5, 0.6) is 5.75 Å². The van der Waals surface area contributed by atoms with Crippen LogP contribution in [0.3, 0.4) is 0 Å². The molecule has 0 aliphatic carbocycles. The van der Waals surface area contributed by atoms with Crippen molar-refractivity contribution in [1.29, 1.82) is 0 Å². The first kappa shape index (κ1) is 19.1. The number of nitrogens with zero attached hydrogens (tertiary/aromatic N) is 2. The van der Waals surface area contributed by atoms with E-state index in [9.17, 15) is 9.59 Å². The van der Waals surface area contributed by atoms with Crippen molar-refractivity contribution in [2.24, 2.45) is 0 Å². The number of hydrogen-bond donors (Lipinski definition) is 1. The second-order valence-corrected chi connectivity index (χ2v) is 6.96. The summed E-state index contributed by atoms with van der Waals surface area (Å²) in [6, 6.07) is 7.73. The minimum atomic E-state index is -0.0529. The van der Waals surface area contributed by atoms with Gasteiger partial charge in [-0.2, -0.15) is 0 Å². The topological polar surface area (TPSA) is 61.9 Å². The Morgan fingerprint density at radius 2 is 1.56 bits per heavy atom. The first-order valence-corrected chi connectivity index (χ1v) is 8.94. The van der Waals surface area contributed by atoms with Crippen LogP contribution >= 0.6 is 0 Å². The molecule has 25 heavy (non-hydrogen) atoms. The van der Waals surface area contributed by atoms with E-state index in [4.69, 9.17) is 4.74 Å². The van der Waals surface area contributed by atoms with Crippen LogP contribution in [0.1, 0.15) is 33.3 Å². The monoisotopic (exact) mass is 347 g/mol. The van der Waals surface area contributed by atoms with Crippen molar-refractivity contribution in [2.45, 2.75) is 46.3 Å². The van der Waals surface area contributed by atoms with Crippen molar-refractivity contribution >= 4 is 11.9 Å². The van der Waals surface area contributed by atoms with Crippen LogP contribution in [-0.4, -0.2) is 60.1 Å². The zero-order valence-electron chi connectivity index (χ0n) is 15.6. The molecule has 0 radical (unpaired) electrons. The van der Waals surface area contributed by atoms with Gasteiger partial charge in [0.15, 0.2) is 0 Å². The summed E-state index contributed by atoms with van der Waals surface area (Å²) in [4.78, 5) is 28.0. The molecule has 1 N–H and O–H groups in total. The maximum absolute atomic E-state index is 12.5. The molecule has 1 aliphatic rings. The minimum absolute atomic E-state index is 0.0529. The fourth-order valence-electron chi connectivity index (χ4n) is 2.74. The summed E-state index contributed by atoms with van der Waals surface area (Å²) in [5, 5.41) is 2.89. The van der Waals surface area contributed by atoms with E-state index < -0.39 is 0 Å². The van der Waals surface area contributed by atoms with Gasteiger partial charge in [0.05, 0.1) is 12.5 Å². The molecule has 0 spiro atoms. The van der Waals surface area contributed by atoms with Gasteiger partial charge in [-0.3, -0.25) is 4.79 Å². The largest absolute Gasteiger partial charge is 0.491 e. The highest BCUT2D eigenvalue weighted by Crippen LogP contribution is 2.15. The first-order valence-electron chi connectivity index (χ1n) is 8.94. The van der Waals surface area contributed by atoms with E-state index in [1.165, 1.54) is 0 Å². The lowest BCUT2D eigenvalue weighted by molar-refractivity contribution is -0.131. The Morgan fingerprint density at radius 3 is 2.08 bits per heavy atom. The molecule has 0 unspecified atom stereocenters. The third-order valence-corrected chi connectivity index (χ3v) is 3.98. The second kappa shape index (κ2) is 8.74. The van der Waals surface area contributed by atoms with Crippen molar-refractivity contribution < 1.29 is 14.3 Å². The van der Waals surface area contributed by atoms with Crippen LogP contribution in [0.4, 0.5) is 4.79 Å². The lowest BCUT2D eigenvalue weighted by Crippen LogP contribution is -2.54. The number of piperazine rings is 1. The molecule has 0 saturated carbocycles. The Morgan fingerprint density at radius 1 is 1.00 bits per heavy atom. The van der Waals surface area contributed by atoms with Crippen molar-refractivity contribution in [2.75, 3.05) is 26.2 Å². The Bertz CT molecular complexity index is 576. The van der Waals surface area contributed by atoms with Crippen LogP contribution in [0.15, 0.2) is 24.3 Å². The van der Waals surface area contributed by atoms with E-state index in [0.29, 0.717) is 32.6 Å². The second-order valence-electron chi connectivity index (χ2n) is 6.96. The van der Waals surface area contributed by atoms with Crippen molar-refractivity contribution in [3.63, 3.8) is 0 Å². The number of ether oxygens (including phenoxy) is 1. The quantitative estimate of drug-likeness (QED) is 0.889. The summed E-state index contributed by atoms with van der Waals surface area (Å²) >= 11 is 0. The molecule has 0 aromatic heterocycles. The fourth-order valence-corrected chi connectivity index (χ4v) is 2.74. The van der Waals surface area contributed by atoms with Crippen molar-refractivity contribution in [3.05, 3.63) is 29.8 Å². The average Bonchev–Trinajstić information content (AvgIpc) is 2.55. The lowest BCUT2D eigenvalue weighted by atomic mass is 10.1. The Balaban J connectivity index is 1.81. The van der Waals surface area contributed by atoms with Crippen LogP contribution in [0, 0.1) is 0 Å². The molecule has 6 heteroatoms. The van der Waals surface area contributed by atoms with E-state index >= 15 is 0 Å². The Labute approximate surface area is 150 Å². The van der Waals surface area contributed by atoms with E-state index in [2.05, 4.69) is 5.32 Å². The maximum atomic E-state index is 12.5. The highest BCUT2D eigenvalue weighted by molar-refractivity contribution is 5.79. The summed E-state index contributed by atoms with van der Waals surface area (Å²) in [7, 11) is 0.